The fourth-order valence-corrected chi connectivity index (χ4v) is 1.54. The molecule has 0 aromatic carbocycles. The van der Waals surface area contributed by atoms with Crippen LogP contribution in [0.25, 0.3) is 0 Å². The van der Waals surface area contributed by atoms with E-state index in [0.29, 0.717) is 6.04 Å². The van der Waals surface area contributed by atoms with Crippen molar-refractivity contribution in [3.8, 4) is 0 Å². The van der Waals surface area contributed by atoms with Crippen LogP contribution in [0.4, 0.5) is 0 Å². The van der Waals surface area contributed by atoms with E-state index in [9.17, 15) is 0 Å². The van der Waals surface area contributed by atoms with Crippen molar-refractivity contribution in [3.05, 3.63) is 13.2 Å². The molecule has 0 saturated heterocycles. The topological polar surface area (TPSA) is 26.0 Å². The van der Waals surface area contributed by atoms with E-state index < -0.39 is 0 Å². The van der Waals surface area contributed by atoms with Crippen LogP contribution in [0.15, 0.2) is 13.2 Å². The average molecular weight is 229 g/mol. The quantitative estimate of drug-likeness (QED) is 0.473. The van der Waals surface area contributed by atoms with Gasteiger partial charge in [0, 0.05) is 6.04 Å². The molecular weight excluding hydrogens is 194 g/mol. The molecule has 0 saturated carbocycles. The Morgan fingerprint density at radius 1 is 1.06 bits per heavy atom. The minimum atomic E-state index is 0.432. The van der Waals surface area contributed by atoms with Crippen LogP contribution >= 0.6 is 0 Å². The minimum Gasteiger partial charge on any atom is -0.328 e. The van der Waals surface area contributed by atoms with Crippen LogP contribution in [0.1, 0.15) is 73.1 Å². The third-order valence-electron chi connectivity index (χ3n) is 2.53. The molecule has 0 heterocycles. The van der Waals surface area contributed by atoms with Crippen LogP contribution in [-0.4, -0.2) is 6.04 Å². The van der Waals surface area contributed by atoms with E-state index in [4.69, 9.17) is 5.73 Å². The van der Waals surface area contributed by atoms with Crippen molar-refractivity contribution in [2.75, 3.05) is 0 Å². The molecule has 0 aliphatic carbocycles. The zero-order valence-corrected chi connectivity index (χ0v) is 12.4. The molecule has 2 N–H and O–H groups in total. The summed E-state index contributed by atoms with van der Waals surface area (Å²) in [6, 6.07) is 0.432. The van der Waals surface area contributed by atoms with Crippen LogP contribution in [0, 0.1) is 5.92 Å². The van der Waals surface area contributed by atoms with Crippen LogP contribution in [0.5, 0.6) is 0 Å². The van der Waals surface area contributed by atoms with E-state index in [1.54, 1.807) is 0 Å². The normalized spacial score (nSPS) is 12.6. The molecule has 1 heteroatoms. The molecule has 0 aliphatic rings. The lowest BCUT2D eigenvalue weighted by Crippen LogP contribution is -2.21. The monoisotopic (exact) mass is 229 g/mol. The molecule has 16 heavy (non-hydrogen) atoms. The van der Waals surface area contributed by atoms with Crippen molar-refractivity contribution in [2.45, 2.75) is 79.2 Å². The molecule has 100 valence electrons. The molecule has 0 spiro atoms. The van der Waals surface area contributed by atoms with Gasteiger partial charge in [-0.3, -0.25) is 0 Å². The highest BCUT2D eigenvalue weighted by molar-refractivity contribution is 4.63. The van der Waals surface area contributed by atoms with E-state index in [1.807, 2.05) is 13.8 Å². The Labute approximate surface area is 105 Å². The van der Waals surface area contributed by atoms with Crippen LogP contribution < -0.4 is 5.73 Å². The Balaban J connectivity index is -0.000000376. The molecule has 0 aromatic heterocycles. The maximum absolute atomic E-state index is 5.88. The minimum absolute atomic E-state index is 0.432. The Hall–Kier alpha value is -0.300. The summed E-state index contributed by atoms with van der Waals surface area (Å²) in [6.07, 6.45) is 7.78. The number of unbranched alkanes of at least 4 members (excludes halogenated alkanes) is 2. The average Bonchev–Trinajstić information content (AvgIpc) is 2.34. The van der Waals surface area contributed by atoms with Gasteiger partial charge in [0.05, 0.1) is 0 Å². The highest BCUT2D eigenvalue weighted by Crippen LogP contribution is 2.15. The van der Waals surface area contributed by atoms with Gasteiger partial charge in [0.1, 0.15) is 0 Å². The van der Waals surface area contributed by atoms with Gasteiger partial charge in [-0.2, -0.15) is 0 Å². The van der Waals surface area contributed by atoms with Crippen LogP contribution in [-0.2, 0) is 0 Å². The van der Waals surface area contributed by atoms with E-state index >= 15 is 0 Å². The fourth-order valence-electron chi connectivity index (χ4n) is 1.54. The summed E-state index contributed by atoms with van der Waals surface area (Å²) >= 11 is 0. The lowest BCUT2D eigenvalue weighted by molar-refractivity contribution is 0.415. The van der Waals surface area contributed by atoms with Crippen molar-refractivity contribution in [1.29, 1.82) is 0 Å². The summed E-state index contributed by atoms with van der Waals surface area (Å²) < 4.78 is 0. The maximum atomic E-state index is 5.88. The second kappa shape index (κ2) is 20.2. The zero-order chi connectivity index (χ0) is 13.4. The van der Waals surface area contributed by atoms with Crippen molar-refractivity contribution in [3.63, 3.8) is 0 Å². The predicted molar refractivity (Wildman–Crippen MR) is 78.8 cm³/mol. The number of nitrogens with two attached hydrogens (primary N) is 1. The summed E-state index contributed by atoms with van der Waals surface area (Å²) in [6.45, 7) is 16.7. The summed E-state index contributed by atoms with van der Waals surface area (Å²) in [5.41, 5.74) is 5.88. The Morgan fingerprint density at radius 2 is 1.56 bits per heavy atom. The van der Waals surface area contributed by atoms with Gasteiger partial charge in [0.15, 0.2) is 0 Å². The van der Waals surface area contributed by atoms with Crippen molar-refractivity contribution in [1.82, 2.24) is 0 Å². The van der Waals surface area contributed by atoms with Crippen LogP contribution in [0.3, 0.4) is 0 Å². The zero-order valence-electron chi connectivity index (χ0n) is 12.4. The molecule has 0 aliphatic heterocycles. The highest BCUT2D eigenvalue weighted by atomic mass is 14.6. The second-order valence-electron chi connectivity index (χ2n) is 4.00. The largest absolute Gasteiger partial charge is 0.328 e. The van der Waals surface area contributed by atoms with Gasteiger partial charge >= 0.3 is 0 Å². The first-order chi connectivity index (χ1) is 7.70. The number of hydrogen-bond donors (Lipinski definition) is 1. The first-order valence-corrected chi connectivity index (χ1v) is 6.96. The molecule has 0 amide bonds. The summed E-state index contributed by atoms with van der Waals surface area (Å²) in [5.74, 6) is 0.825. The summed E-state index contributed by atoms with van der Waals surface area (Å²) in [7, 11) is 0. The van der Waals surface area contributed by atoms with E-state index in [1.165, 1.54) is 32.1 Å². The SMILES string of the molecule is C=C.CC.CCCCCC(C)CC(N)CC. The van der Waals surface area contributed by atoms with Crippen molar-refractivity contribution >= 4 is 0 Å². The molecular formula is C15H35N. The molecule has 0 aromatic rings. The molecule has 2 atom stereocenters. The molecule has 0 bridgehead atoms. The molecule has 0 radical (unpaired) electrons. The summed E-state index contributed by atoms with van der Waals surface area (Å²) in [5, 5.41) is 0. The van der Waals surface area contributed by atoms with Gasteiger partial charge in [0.25, 0.3) is 0 Å². The van der Waals surface area contributed by atoms with Crippen molar-refractivity contribution < 1.29 is 0 Å². The van der Waals surface area contributed by atoms with E-state index in [-0.39, 0.29) is 0 Å². The Bertz CT molecular complexity index is 102. The second-order valence-corrected chi connectivity index (χ2v) is 4.00. The fraction of sp³-hybridized carbons (Fsp3) is 0.867. The Morgan fingerprint density at radius 3 is 1.94 bits per heavy atom. The third kappa shape index (κ3) is 19.3. The summed E-state index contributed by atoms with van der Waals surface area (Å²) in [4.78, 5) is 0. The first-order valence-electron chi connectivity index (χ1n) is 6.96. The third-order valence-corrected chi connectivity index (χ3v) is 2.53. The van der Waals surface area contributed by atoms with E-state index in [2.05, 4.69) is 33.9 Å². The standard InChI is InChI=1S/C11H25N.C2H6.C2H4/c1-4-6-7-8-10(3)9-11(12)5-2;2*1-2/h10-11H,4-9,12H2,1-3H3;1-2H3;1-2H2. The predicted octanol–water partition coefficient (Wildman–Crippen LogP) is 5.16. The van der Waals surface area contributed by atoms with Crippen molar-refractivity contribution in [2.24, 2.45) is 11.7 Å². The van der Waals surface area contributed by atoms with Gasteiger partial charge in [0.2, 0.25) is 0 Å². The first kappa shape index (κ1) is 21.0. The molecule has 0 rings (SSSR count). The van der Waals surface area contributed by atoms with Crippen LogP contribution in [0.2, 0.25) is 0 Å². The van der Waals surface area contributed by atoms with Gasteiger partial charge in [-0.1, -0.05) is 60.3 Å². The molecule has 2 unspecified atom stereocenters. The maximum Gasteiger partial charge on any atom is 0.00387 e. The number of rotatable bonds is 7. The van der Waals surface area contributed by atoms with E-state index in [0.717, 1.165) is 12.3 Å². The van der Waals surface area contributed by atoms with Gasteiger partial charge in [-0.25, -0.2) is 0 Å². The Kier molecular flexibility index (Phi) is 26.5. The highest BCUT2D eigenvalue weighted by Gasteiger charge is 2.06. The molecule has 1 nitrogen and oxygen atoms in total. The van der Waals surface area contributed by atoms with Gasteiger partial charge < -0.3 is 5.73 Å². The smallest absolute Gasteiger partial charge is 0.00387 e. The number of hydrogen-bond acceptors (Lipinski definition) is 1. The van der Waals surface area contributed by atoms with Gasteiger partial charge in [-0.15, -0.1) is 13.2 Å². The lowest BCUT2D eigenvalue weighted by Gasteiger charge is -2.15. The lowest BCUT2D eigenvalue weighted by atomic mass is 9.95. The van der Waals surface area contributed by atoms with Gasteiger partial charge in [-0.05, 0) is 18.8 Å². The molecule has 0 fully saturated rings.